The topological polar surface area (TPSA) is 0 Å². The Labute approximate surface area is 242 Å². The highest BCUT2D eigenvalue weighted by molar-refractivity contribution is 8.93. The monoisotopic (exact) mass is 591 g/mol. The van der Waals surface area contributed by atoms with Crippen molar-refractivity contribution in [2.45, 2.75) is 195 Å². The molecule has 0 radical (unpaired) electrons. The van der Waals surface area contributed by atoms with Crippen LogP contribution in [0.25, 0.3) is 0 Å². The summed E-state index contributed by atoms with van der Waals surface area (Å²) in [4.78, 5) is 0. The Morgan fingerprint density at radius 1 is 0.250 bits per heavy atom. The summed E-state index contributed by atoms with van der Waals surface area (Å²) in [6.07, 6.45) is 45.1. The molecule has 0 amide bonds. The van der Waals surface area contributed by atoms with Gasteiger partial charge in [-0.05, 0) is 51.4 Å². The maximum atomic E-state index is 2.37. The Morgan fingerprint density at radius 3 is 0.639 bits per heavy atom. The minimum absolute atomic E-state index is 0. The van der Waals surface area contributed by atoms with Crippen LogP contribution in [0.2, 0.25) is 0 Å². The molecule has 220 valence electrons. The Balaban J connectivity index is 0. The summed E-state index contributed by atoms with van der Waals surface area (Å²) in [5.41, 5.74) is 0. The maximum absolute atomic E-state index is 2.37. The van der Waals surface area contributed by atoms with E-state index in [1.54, 1.807) is 50.3 Å². The molecular weight excluding hydrogens is 519 g/mol. The summed E-state index contributed by atoms with van der Waals surface area (Å²) in [7, 11) is -0.701. The molecular formula is C34H73BrP+. The summed E-state index contributed by atoms with van der Waals surface area (Å²) in [5, 5.41) is 0. The third kappa shape index (κ3) is 26.5. The van der Waals surface area contributed by atoms with Gasteiger partial charge >= 0.3 is 0 Å². The fourth-order valence-corrected chi connectivity index (χ4v) is 10.9. The molecule has 0 aliphatic rings. The van der Waals surface area contributed by atoms with Crippen molar-refractivity contribution in [1.29, 1.82) is 0 Å². The van der Waals surface area contributed by atoms with E-state index in [0.29, 0.717) is 0 Å². The molecule has 0 N–H and O–H groups in total. The molecule has 0 bridgehead atoms. The highest BCUT2D eigenvalue weighted by Crippen LogP contribution is 2.61. The van der Waals surface area contributed by atoms with Gasteiger partial charge < -0.3 is 0 Å². The zero-order chi connectivity index (χ0) is 25.7. The van der Waals surface area contributed by atoms with Gasteiger partial charge in [0.1, 0.15) is 0 Å². The second-order valence-electron chi connectivity index (χ2n) is 12.0. The number of hydrogen-bond acceptors (Lipinski definition) is 0. The standard InChI is InChI=1S/C34H72P.BrH/c1-5-9-13-17-18-19-20-21-22-23-24-25-26-30-34-35(31-27-14-10-6-2,32-28-15-11-7-3)33-29-16-12-8-4;/h5-34H2,1-4H3;1H/q+1;. The van der Waals surface area contributed by atoms with E-state index in [9.17, 15) is 0 Å². The van der Waals surface area contributed by atoms with Crippen LogP contribution in [0.15, 0.2) is 0 Å². The summed E-state index contributed by atoms with van der Waals surface area (Å²) in [5.74, 6) is 0. The fraction of sp³-hybridized carbons (Fsp3) is 1.00. The van der Waals surface area contributed by atoms with Crippen molar-refractivity contribution in [3.8, 4) is 0 Å². The first-order chi connectivity index (χ1) is 17.2. The van der Waals surface area contributed by atoms with Crippen molar-refractivity contribution in [2.75, 3.05) is 24.6 Å². The Hall–Kier alpha value is 0.910. The minimum Gasteiger partial charge on any atom is -0.114 e. The van der Waals surface area contributed by atoms with Crippen LogP contribution in [-0.4, -0.2) is 24.6 Å². The summed E-state index contributed by atoms with van der Waals surface area (Å²) < 4.78 is 0. The van der Waals surface area contributed by atoms with E-state index in [2.05, 4.69) is 27.7 Å². The van der Waals surface area contributed by atoms with Crippen LogP contribution in [-0.2, 0) is 0 Å². The second-order valence-corrected chi connectivity index (χ2v) is 16.5. The molecule has 0 nitrogen and oxygen atoms in total. The van der Waals surface area contributed by atoms with Crippen LogP contribution < -0.4 is 0 Å². The predicted molar refractivity (Wildman–Crippen MR) is 179 cm³/mol. The van der Waals surface area contributed by atoms with Crippen molar-refractivity contribution in [1.82, 2.24) is 0 Å². The van der Waals surface area contributed by atoms with Crippen molar-refractivity contribution >= 4 is 24.2 Å². The third-order valence-electron chi connectivity index (χ3n) is 8.44. The number of rotatable bonds is 30. The smallest absolute Gasteiger partial charge is 0.0594 e. The van der Waals surface area contributed by atoms with Crippen LogP contribution >= 0.6 is 24.2 Å². The second kappa shape index (κ2) is 32.1. The average molecular weight is 593 g/mol. The van der Waals surface area contributed by atoms with E-state index in [1.807, 2.05) is 0 Å². The molecule has 0 atom stereocenters. The van der Waals surface area contributed by atoms with Crippen molar-refractivity contribution in [2.24, 2.45) is 0 Å². The first-order valence-corrected chi connectivity index (χ1v) is 19.6. The van der Waals surface area contributed by atoms with Crippen LogP contribution in [0.4, 0.5) is 0 Å². The molecule has 0 aromatic rings. The normalized spacial score (nSPS) is 11.7. The number of halogens is 1. The van der Waals surface area contributed by atoms with Gasteiger partial charge in [0.15, 0.2) is 0 Å². The molecule has 0 aliphatic heterocycles. The first-order valence-electron chi connectivity index (χ1n) is 17.1. The highest BCUT2D eigenvalue weighted by Gasteiger charge is 2.34. The zero-order valence-electron chi connectivity index (χ0n) is 26.1. The molecule has 2 heteroatoms. The Kier molecular flexibility index (Phi) is 34.8. The van der Waals surface area contributed by atoms with E-state index >= 15 is 0 Å². The molecule has 36 heavy (non-hydrogen) atoms. The largest absolute Gasteiger partial charge is 0.114 e. The van der Waals surface area contributed by atoms with Crippen molar-refractivity contribution in [3.63, 3.8) is 0 Å². The maximum Gasteiger partial charge on any atom is 0.0594 e. The van der Waals surface area contributed by atoms with Gasteiger partial charge in [0.05, 0.1) is 24.6 Å². The SMILES string of the molecule is Br.CCCCCCCCCCCCCCCC[P+](CCCCCC)(CCCCCC)CCCCCC. The van der Waals surface area contributed by atoms with Crippen LogP contribution in [0.3, 0.4) is 0 Å². The van der Waals surface area contributed by atoms with Crippen LogP contribution in [0, 0.1) is 0 Å². The van der Waals surface area contributed by atoms with E-state index in [0.717, 1.165) is 0 Å². The van der Waals surface area contributed by atoms with E-state index in [4.69, 9.17) is 0 Å². The lowest BCUT2D eigenvalue weighted by Crippen LogP contribution is -2.13. The van der Waals surface area contributed by atoms with Crippen molar-refractivity contribution in [3.05, 3.63) is 0 Å². The van der Waals surface area contributed by atoms with Gasteiger partial charge in [-0.2, -0.15) is 0 Å². The molecule has 0 saturated heterocycles. The van der Waals surface area contributed by atoms with Crippen molar-refractivity contribution < 1.29 is 0 Å². The summed E-state index contributed by atoms with van der Waals surface area (Å²) in [6, 6.07) is 0. The van der Waals surface area contributed by atoms with Gasteiger partial charge in [-0.15, -0.1) is 17.0 Å². The lowest BCUT2D eigenvalue weighted by Gasteiger charge is -2.28. The van der Waals surface area contributed by atoms with Gasteiger partial charge in [0.25, 0.3) is 0 Å². The zero-order valence-corrected chi connectivity index (χ0v) is 28.7. The number of unbranched alkanes of at least 4 members (excludes halogenated alkanes) is 22. The van der Waals surface area contributed by atoms with Gasteiger partial charge in [-0.1, -0.05) is 143 Å². The molecule has 0 rings (SSSR count). The highest BCUT2D eigenvalue weighted by atomic mass is 79.9. The van der Waals surface area contributed by atoms with Crippen LogP contribution in [0.5, 0.6) is 0 Å². The van der Waals surface area contributed by atoms with Gasteiger partial charge in [0.2, 0.25) is 0 Å². The predicted octanol–water partition coefficient (Wildman–Crippen LogP) is 13.8. The van der Waals surface area contributed by atoms with Gasteiger partial charge in [-0.3, -0.25) is 0 Å². The molecule has 0 aromatic carbocycles. The van der Waals surface area contributed by atoms with Crippen LogP contribution in [0.1, 0.15) is 195 Å². The third-order valence-corrected chi connectivity index (χ3v) is 13.5. The summed E-state index contributed by atoms with van der Waals surface area (Å²) in [6.45, 7) is 9.42. The molecule has 0 saturated carbocycles. The Morgan fingerprint density at radius 2 is 0.417 bits per heavy atom. The van der Waals surface area contributed by atoms with E-state index in [1.165, 1.54) is 141 Å². The lowest BCUT2D eigenvalue weighted by molar-refractivity contribution is 0.538. The molecule has 0 aliphatic carbocycles. The molecule has 0 heterocycles. The quantitative estimate of drug-likeness (QED) is 0.0575. The van der Waals surface area contributed by atoms with E-state index in [-0.39, 0.29) is 17.0 Å². The number of hydrogen-bond donors (Lipinski definition) is 0. The average Bonchev–Trinajstić information content (AvgIpc) is 2.87. The van der Waals surface area contributed by atoms with Gasteiger partial charge in [-0.25, -0.2) is 0 Å². The fourth-order valence-electron chi connectivity index (χ4n) is 5.93. The van der Waals surface area contributed by atoms with E-state index < -0.39 is 7.26 Å². The molecule has 0 unspecified atom stereocenters. The lowest BCUT2D eigenvalue weighted by atomic mass is 10.0. The first kappa shape index (κ1) is 39.1. The molecule has 0 spiro atoms. The van der Waals surface area contributed by atoms with Gasteiger partial charge in [0, 0.05) is 7.26 Å². The summed E-state index contributed by atoms with van der Waals surface area (Å²) >= 11 is 0. The molecule has 0 aromatic heterocycles. The minimum atomic E-state index is -0.701. The molecule has 0 fully saturated rings. The Bertz CT molecular complexity index is 352.